The first-order valence-electron chi connectivity index (χ1n) is 10.2. The molecule has 2 aromatic rings. The molecular formula is C22H30N4O2. The van der Waals surface area contributed by atoms with Crippen LogP contribution in [0.5, 0.6) is 0 Å². The highest BCUT2D eigenvalue weighted by Gasteiger charge is 2.27. The number of rotatable bonds is 3. The molecular weight excluding hydrogens is 352 g/mol. The number of morpholine rings is 1. The second kappa shape index (κ2) is 7.68. The van der Waals surface area contributed by atoms with Gasteiger partial charge in [-0.3, -0.25) is 14.7 Å². The highest BCUT2D eigenvalue weighted by atomic mass is 16.5. The molecule has 150 valence electrons. The average Bonchev–Trinajstić information content (AvgIpc) is 2.63. The third kappa shape index (κ3) is 3.98. The van der Waals surface area contributed by atoms with E-state index in [-0.39, 0.29) is 17.8 Å². The molecule has 0 amide bonds. The van der Waals surface area contributed by atoms with Gasteiger partial charge in [-0.1, -0.05) is 18.2 Å². The van der Waals surface area contributed by atoms with Crippen molar-refractivity contribution in [1.29, 1.82) is 0 Å². The topological polar surface area (TPSA) is 61.5 Å². The van der Waals surface area contributed by atoms with E-state index in [1.54, 1.807) is 0 Å². The van der Waals surface area contributed by atoms with Crippen molar-refractivity contribution < 1.29 is 4.74 Å². The maximum absolute atomic E-state index is 12.7. The zero-order chi connectivity index (χ0) is 19.8. The van der Waals surface area contributed by atoms with Crippen LogP contribution in [-0.4, -0.2) is 46.7 Å². The maximum atomic E-state index is 12.7. The molecule has 0 unspecified atom stereocenters. The minimum Gasteiger partial charge on any atom is -0.372 e. The quantitative estimate of drug-likeness (QED) is 0.884. The van der Waals surface area contributed by atoms with Crippen LogP contribution in [0.1, 0.15) is 41.8 Å². The van der Waals surface area contributed by atoms with Gasteiger partial charge in [-0.25, -0.2) is 4.98 Å². The standard InChI is InChI=1S/C22H30N4O2/c1-14-5-6-18(9-15(14)2)12-25-8-7-19-20(13-25)23-22(24-21(19)27)26-10-16(3)28-17(4)11-26/h5-6,9,16-17H,7-8,10-13H2,1-4H3,(H,23,24,27)/t16-,17+. The van der Waals surface area contributed by atoms with Crippen molar-refractivity contribution in [3.8, 4) is 0 Å². The lowest BCUT2D eigenvalue weighted by molar-refractivity contribution is -0.00576. The summed E-state index contributed by atoms with van der Waals surface area (Å²) < 4.78 is 5.81. The van der Waals surface area contributed by atoms with Crippen molar-refractivity contribution in [2.45, 2.75) is 59.4 Å². The Balaban J connectivity index is 1.54. The van der Waals surface area contributed by atoms with E-state index in [4.69, 9.17) is 9.72 Å². The summed E-state index contributed by atoms with van der Waals surface area (Å²) in [5.41, 5.74) is 5.72. The number of ether oxygens (including phenoxy) is 1. The summed E-state index contributed by atoms with van der Waals surface area (Å²) in [6.45, 7) is 12.4. The lowest BCUT2D eigenvalue weighted by atomic mass is 10.0. The Labute approximate surface area is 166 Å². The van der Waals surface area contributed by atoms with Crippen molar-refractivity contribution in [3.05, 3.63) is 56.5 Å². The smallest absolute Gasteiger partial charge is 0.255 e. The minimum absolute atomic E-state index is 0.0117. The highest BCUT2D eigenvalue weighted by molar-refractivity contribution is 5.36. The molecule has 0 spiro atoms. The molecule has 1 aromatic heterocycles. The molecule has 0 radical (unpaired) electrons. The van der Waals surface area contributed by atoms with Crippen LogP contribution in [0.25, 0.3) is 0 Å². The van der Waals surface area contributed by atoms with E-state index in [2.05, 4.69) is 60.7 Å². The maximum Gasteiger partial charge on any atom is 0.255 e. The Morgan fingerprint density at radius 1 is 1.18 bits per heavy atom. The second-order valence-electron chi connectivity index (χ2n) is 8.36. The van der Waals surface area contributed by atoms with Crippen LogP contribution in [0.3, 0.4) is 0 Å². The van der Waals surface area contributed by atoms with E-state index in [1.165, 1.54) is 16.7 Å². The van der Waals surface area contributed by atoms with Crippen molar-refractivity contribution in [2.24, 2.45) is 0 Å². The molecule has 1 fully saturated rings. The van der Waals surface area contributed by atoms with Gasteiger partial charge in [-0.2, -0.15) is 0 Å². The fourth-order valence-corrected chi connectivity index (χ4v) is 4.28. The van der Waals surface area contributed by atoms with Crippen LogP contribution in [0.15, 0.2) is 23.0 Å². The Bertz CT molecular complexity index is 913. The number of aromatic amines is 1. The van der Waals surface area contributed by atoms with Crippen LogP contribution >= 0.6 is 0 Å². The molecule has 6 heteroatoms. The fraction of sp³-hybridized carbons (Fsp3) is 0.545. The van der Waals surface area contributed by atoms with Crippen LogP contribution in [0.4, 0.5) is 5.95 Å². The van der Waals surface area contributed by atoms with Gasteiger partial charge in [-0.15, -0.1) is 0 Å². The number of benzene rings is 1. The van der Waals surface area contributed by atoms with Crippen molar-refractivity contribution in [3.63, 3.8) is 0 Å². The fourth-order valence-electron chi connectivity index (χ4n) is 4.28. The van der Waals surface area contributed by atoms with E-state index in [1.807, 2.05) is 0 Å². The van der Waals surface area contributed by atoms with Gasteiger partial charge in [0.25, 0.3) is 5.56 Å². The van der Waals surface area contributed by atoms with Gasteiger partial charge < -0.3 is 9.64 Å². The number of anilines is 1. The summed E-state index contributed by atoms with van der Waals surface area (Å²) >= 11 is 0. The number of hydrogen-bond donors (Lipinski definition) is 1. The molecule has 4 rings (SSSR count). The molecule has 1 aromatic carbocycles. The second-order valence-corrected chi connectivity index (χ2v) is 8.36. The molecule has 2 aliphatic heterocycles. The molecule has 1 saturated heterocycles. The largest absolute Gasteiger partial charge is 0.372 e. The summed E-state index contributed by atoms with van der Waals surface area (Å²) in [6.07, 6.45) is 1.01. The van der Waals surface area contributed by atoms with Crippen molar-refractivity contribution >= 4 is 5.95 Å². The molecule has 3 heterocycles. The Hall–Kier alpha value is -2.18. The average molecular weight is 383 g/mol. The lowest BCUT2D eigenvalue weighted by Crippen LogP contribution is -2.47. The van der Waals surface area contributed by atoms with Crippen molar-refractivity contribution in [1.82, 2.24) is 14.9 Å². The van der Waals surface area contributed by atoms with Gasteiger partial charge in [0.05, 0.1) is 17.9 Å². The highest BCUT2D eigenvalue weighted by Crippen LogP contribution is 2.21. The van der Waals surface area contributed by atoms with Crippen LogP contribution in [0, 0.1) is 13.8 Å². The van der Waals surface area contributed by atoms with Crippen LogP contribution < -0.4 is 10.5 Å². The van der Waals surface area contributed by atoms with Gasteiger partial charge in [0.15, 0.2) is 0 Å². The molecule has 2 aliphatic rings. The minimum atomic E-state index is 0.0117. The molecule has 0 aliphatic carbocycles. The third-order valence-electron chi connectivity index (χ3n) is 5.84. The Morgan fingerprint density at radius 2 is 1.93 bits per heavy atom. The van der Waals surface area contributed by atoms with Crippen molar-refractivity contribution in [2.75, 3.05) is 24.5 Å². The van der Waals surface area contributed by atoms with Crippen LogP contribution in [0.2, 0.25) is 0 Å². The van der Waals surface area contributed by atoms with E-state index < -0.39 is 0 Å². The van der Waals surface area contributed by atoms with E-state index >= 15 is 0 Å². The van der Waals surface area contributed by atoms with E-state index in [0.29, 0.717) is 12.5 Å². The monoisotopic (exact) mass is 382 g/mol. The predicted octanol–water partition coefficient (Wildman–Crippen LogP) is 2.56. The summed E-state index contributed by atoms with van der Waals surface area (Å²) in [5, 5.41) is 0. The number of aromatic nitrogens is 2. The summed E-state index contributed by atoms with van der Waals surface area (Å²) in [7, 11) is 0. The molecule has 0 bridgehead atoms. The molecule has 28 heavy (non-hydrogen) atoms. The first-order chi connectivity index (χ1) is 13.4. The number of hydrogen-bond acceptors (Lipinski definition) is 5. The molecule has 0 saturated carbocycles. The molecule has 1 N–H and O–H groups in total. The predicted molar refractivity (Wildman–Crippen MR) is 111 cm³/mol. The number of nitrogens with one attached hydrogen (secondary N) is 1. The molecule has 6 nitrogen and oxygen atoms in total. The molecule has 2 atom stereocenters. The van der Waals surface area contributed by atoms with Gasteiger partial charge in [0.2, 0.25) is 5.95 Å². The first kappa shape index (κ1) is 19.2. The summed E-state index contributed by atoms with van der Waals surface area (Å²) in [6, 6.07) is 6.65. The van der Waals surface area contributed by atoms with Gasteiger partial charge in [0.1, 0.15) is 0 Å². The van der Waals surface area contributed by atoms with Crippen LogP contribution in [-0.2, 0) is 24.2 Å². The third-order valence-corrected chi connectivity index (χ3v) is 5.84. The lowest BCUT2D eigenvalue weighted by Gasteiger charge is -2.36. The summed E-state index contributed by atoms with van der Waals surface area (Å²) in [5.74, 6) is 0.679. The number of aryl methyl sites for hydroxylation is 2. The zero-order valence-electron chi connectivity index (χ0n) is 17.3. The van der Waals surface area contributed by atoms with E-state index in [0.717, 1.165) is 43.9 Å². The Kier molecular flexibility index (Phi) is 5.25. The normalized spacial score (nSPS) is 22.9. The first-order valence-corrected chi connectivity index (χ1v) is 10.2. The summed E-state index contributed by atoms with van der Waals surface area (Å²) in [4.78, 5) is 25.1. The van der Waals surface area contributed by atoms with Gasteiger partial charge in [-0.05, 0) is 50.8 Å². The number of H-pyrrole nitrogens is 1. The van der Waals surface area contributed by atoms with Gasteiger partial charge >= 0.3 is 0 Å². The van der Waals surface area contributed by atoms with E-state index in [9.17, 15) is 4.79 Å². The van der Waals surface area contributed by atoms with Gasteiger partial charge in [0, 0.05) is 38.3 Å². The number of nitrogens with zero attached hydrogens (tertiary/aromatic N) is 3. The SMILES string of the molecule is Cc1ccc(CN2CCc3c(nc(N4C[C@@H](C)O[C@@H](C)C4)[nH]c3=O)C2)cc1C. The Morgan fingerprint density at radius 3 is 2.64 bits per heavy atom. The number of fused-ring (bicyclic) bond motifs is 1. The zero-order valence-corrected chi connectivity index (χ0v) is 17.3.